The number of hydrogen-bond acceptors (Lipinski definition) is 4. The number of carbonyl (C=O) groups excluding carboxylic acids is 1. The largest absolute Gasteiger partial charge is 0.490 e. The molecule has 0 aliphatic carbocycles. The zero-order chi connectivity index (χ0) is 20.7. The van der Waals surface area contributed by atoms with Gasteiger partial charge in [-0.15, -0.1) is 0 Å². The molecular weight excluding hydrogens is 397 g/mol. The molecule has 0 aromatic heterocycles. The van der Waals surface area contributed by atoms with E-state index in [1.165, 1.54) is 12.3 Å². The molecule has 0 atom stereocenters. The van der Waals surface area contributed by atoms with Gasteiger partial charge in [-0.1, -0.05) is 17.7 Å². The lowest BCUT2D eigenvalue weighted by Gasteiger charge is -2.12. The van der Waals surface area contributed by atoms with Crippen LogP contribution in [0, 0.1) is 0 Å². The van der Waals surface area contributed by atoms with E-state index in [0.29, 0.717) is 35.3 Å². The van der Waals surface area contributed by atoms with Crippen molar-refractivity contribution in [1.82, 2.24) is 5.43 Å². The van der Waals surface area contributed by atoms with Gasteiger partial charge in [-0.2, -0.15) is 18.3 Å². The predicted molar refractivity (Wildman–Crippen MR) is 100 cm³/mol. The van der Waals surface area contributed by atoms with Gasteiger partial charge in [-0.05, 0) is 38.1 Å². The summed E-state index contributed by atoms with van der Waals surface area (Å²) < 4.78 is 49.2. The second-order valence-corrected chi connectivity index (χ2v) is 5.87. The van der Waals surface area contributed by atoms with Gasteiger partial charge in [-0.3, -0.25) is 4.79 Å². The van der Waals surface area contributed by atoms with Crippen LogP contribution in [-0.4, -0.2) is 25.3 Å². The Morgan fingerprint density at radius 1 is 1.14 bits per heavy atom. The molecule has 2 rings (SSSR count). The van der Waals surface area contributed by atoms with E-state index in [2.05, 4.69) is 10.5 Å². The lowest BCUT2D eigenvalue weighted by molar-refractivity contribution is -0.137. The Morgan fingerprint density at radius 2 is 1.79 bits per heavy atom. The summed E-state index contributed by atoms with van der Waals surface area (Å²) in [5, 5.41) is 4.07. The molecule has 0 radical (unpaired) electrons. The molecule has 0 unspecified atom stereocenters. The first kappa shape index (κ1) is 21.6. The smallest absolute Gasteiger partial charge is 0.416 e. The number of alkyl halides is 3. The number of nitrogens with one attached hydrogen (secondary N) is 1. The average molecular weight is 415 g/mol. The Labute approximate surface area is 165 Å². The van der Waals surface area contributed by atoms with Gasteiger partial charge in [0, 0.05) is 17.2 Å². The molecule has 2 aromatic rings. The molecule has 2 aromatic carbocycles. The van der Waals surface area contributed by atoms with Crippen molar-refractivity contribution >= 4 is 23.7 Å². The van der Waals surface area contributed by atoms with Crippen LogP contribution in [-0.2, 0) is 6.18 Å². The summed E-state index contributed by atoms with van der Waals surface area (Å²) in [5.74, 6) is 0.147. The van der Waals surface area contributed by atoms with Crippen LogP contribution in [0.1, 0.15) is 35.3 Å². The topological polar surface area (TPSA) is 59.9 Å². The van der Waals surface area contributed by atoms with Crippen molar-refractivity contribution < 1.29 is 27.4 Å². The number of ether oxygens (including phenoxy) is 2. The van der Waals surface area contributed by atoms with Crippen molar-refractivity contribution in [1.29, 1.82) is 0 Å². The van der Waals surface area contributed by atoms with Gasteiger partial charge < -0.3 is 9.47 Å². The molecule has 0 aliphatic rings. The summed E-state index contributed by atoms with van der Waals surface area (Å²) in [6.45, 7) is 4.47. The maximum atomic E-state index is 12.7. The maximum Gasteiger partial charge on any atom is 0.416 e. The van der Waals surface area contributed by atoms with Gasteiger partial charge >= 0.3 is 6.18 Å². The van der Waals surface area contributed by atoms with Gasteiger partial charge in [0.1, 0.15) is 0 Å². The number of rotatable bonds is 7. The van der Waals surface area contributed by atoms with Crippen LogP contribution in [0.15, 0.2) is 41.5 Å². The van der Waals surface area contributed by atoms with Crippen molar-refractivity contribution in [2.45, 2.75) is 20.0 Å². The quantitative estimate of drug-likeness (QED) is 0.516. The van der Waals surface area contributed by atoms with Crippen molar-refractivity contribution in [3.63, 3.8) is 0 Å². The highest BCUT2D eigenvalue weighted by atomic mass is 35.5. The van der Waals surface area contributed by atoms with Crippen molar-refractivity contribution in [2.24, 2.45) is 5.10 Å². The van der Waals surface area contributed by atoms with Crippen LogP contribution in [0.2, 0.25) is 5.02 Å². The Morgan fingerprint density at radius 3 is 2.39 bits per heavy atom. The van der Waals surface area contributed by atoms with Crippen LogP contribution < -0.4 is 14.9 Å². The molecular formula is C19H18ClF3N2O3. The summed E-state index contributed by atoms with van der Waals surface area (Å²) in [4.78, 5) is 12.0. The van der Waals surface area contributed by atoms with E-state index in [4.69, 9.17) is 21.1 Å². The van der Waals surface area contributed by atoms with Crippen LogP contribution >= 0.6 is 11.6 Å². The van der Waals surface area contributed by atoms with Crippen LogP contribution in [0.25, 0.3) is 0 Å². The van der Waals surface area contributed by atoms with E-state index in [0.717, 1.165) is 18.2 Å². The average Bonchev–Trinajstić information content (AvgIpc) is 2.64. The van der Waals surface area contributed by atoms with E-state index in [1.54, 1.807) is 12.1 Å². The van der Waals surface area contributed by atoms with E-state index in [1.807, 2.05) is 13.8 Å². The van der Waals surface area contributed by atoms with Gasteiger partial charge in [0.2, 0.25) is 0 Å². The first-order valence-corrected chi connectivity index (χ1v) is 8.73. The standard InChI is InChI=1S/C19H18ClF3N2O3/c1-3-27-16-9-13(15(20)10-17(16)28-4-2)11-24-25-18(26)12-6-5-7-14(8-12)19(21,22)23/h5-11H,3-4H2,1-2H3,(H,25,26)/b24-11-. The first-order valence-electron chi connectivity index (χ1n) is 8.36. The molecule has 0 spiro atoms. The third-order valence-electron chi connectivity index (χ3n) is 3.48. The SMILES string of the molecule is CCOc1cc(Cl)c(/C=N\NC(=O)c2cccc(C(F)(F)F)c2)cc1OCC. The highest BCUT2D eigenvalue weighted by Gasteiger charge is 2.30. The molecule has 28 heavy (non-hydrogen) atoms. The fraction of sp³-hybridized carbons (Fsp3) is 0.263. The number of halogens is 4. The minimum atomic E-state index is -4.54. The molecule has 9 heteroatoms. The Balaban J connectivity index is 2.16. The first-order chi connectivity index (χ1) is 13.3. The van der Waals surface area contributed by atoms with E-state index in [-0.39, 0.29) is 5.56 Å². The summed E-state index contributed by atoms with van der Waals surface area (Å²) in [5.41, 5.74) is 1.54. The summed E-state index contributed by atoms with van der Waals surface area (Å²) in [7, 11) is 0. The summed E-state index contributed by atoms with van der Waals surface area (Å²) in [6.07, 6.45) is -3.27. The number of nitrogens with zero attached hydrogens (tertiary/aromatic N) is 1. The third kappa shape index (κ3) is 5.63. The van der Waals surface area contributed by atoms with Crippen LogP contribution in [0.5, 0.6) is 11.5 Å². The number of carbonyl (C=O) groups is 1. The van der Waals surface area contributed by atoms with Crippen LogP contribution in [0.3, 0.4) is 0 Å². The molecule has 0 heterocycles. The summed E-state index contributed by atoms with van der Waals surface area (Å²) >= 11 is 6.18. The fourth-order valence-electron chi connectivity index (χ4n) is 2.25. The summed E-state index contributed by atoms with van der Waals surface area (Å²) in [6, 6.07) is 7.20. The molecule has 0 aliphatic heterocycles. The zero-order valence-corrected chi connectivity index (χ0v) is 15.9. The molecule has 1 N–H and O–H groups in total. The normalized spacial score (nSPS) is 11.5. The van der Waals surface area contributed by atoms with Crippen LogP contribution in [0.4, 0.5) is 13.2 Å². The van der Waals surface area contributed by atoms with E-state index in [9.17, 15) is 18.0 Å². The Kier molecular flexibility index (Phi) is 7.28. The molecule has 5 nitrogen and oxygen atoms in total. The maximum absolute atomic E-state index is 12.7. The van der Waals surface area contributed by atoms with Crippen molar-refractivity contribution in [3.05, 3.63) is 58.1 Å². The number of benzene rings is 2. The molecule has 0 saturated heterocycles. The second kappa shape index (κ2) is 9.45. The monoisotopic (exact) mass is 414 g/mol. The second-order valence-electron chi connectivity index (χ2n) is 5.46. The minimum Gasteiger partial charge on any atom is -0.490 e. The predicted octanol–water partition coefficient (Wildman–Crippen LogP) is 4.92. The molecule has 150 valence electrons. The van der Waals surface area contributed by atoms with Gasteiger partial charge in [0.25, 0.3) is 5.91 Å². The van der Waals surface area contributed by atoms with Crippen molar-refractivity contribution in [3.8, 4) is 11.5 Å². The lowest BCUT2D eigenvalue weighted by Crippen LogP contribution is -2.18. The van der Waals surface area contributed by atoms with E-state index < -0.39 is 17.6 Å². The highest BCUT2D eigenvalue weighted by molar-refractivity contribution is 6.33. The number of hydrogen-bond donors (Lipinski definition) is 1. The van der Waals surface area contributed by atoms with Gasteiger partial charge in [0.05, 0.1) is 30.0 Å². The minimum absolute atomic E-state index is 0.167. The van der Waals surface area contributed by atoms with Crippen molar-refractivity contribution in [2.75, 3.05) is 13.2 Å². The molecule has 0 saturated carbocycles. The number of amides is 1. The Bertz CT molecular complexity index is 870. The van der Waals surface area contributed by atoms with Gasteiger partial charge in [0.15, 0.2) is 11.5 Å². The fourth-order valence-corrected chi connectivity index (χ4v) is 2.45. The van der Waals surface area contributed by atoms with Gasteiger partial charge in [-0.25, -0.2) is 5.43 Å². The third-order valence-corrected chi connectivity index (χ3v) is 3.81. The molecule has 0 fully saturated rings. The molecule has 0 bridgehead atoms. The molecule has 1 amide bonds. The van der Waals surface area contributed by atoms with E-state index >= 15 is 0 Å². The highest BCUT2D eigenvalue weighted by Crippen LogP contribution is 2.33. The lowest BCUT2D eigenvalue weighted by atomic mass is 10.1. The Hall–Kier alpha value is -2.74. The zero-order valence-electron chi connectivity index (χ0n) is 15.1. The number of hydrazone groups is 1.